The average Bonchev–Trinajstić information content (AvgIpc) is 2.50. The topological polar surface area (TPSA) is 131 Å². The lowest BCUT2D eigenvalue weighted by Gasteiger charge is -2.21. The number of aliphatic hydroxyl groups is 2. The SMILES string of the molecule is CCC(Br)(CC)C(=O)NC(N)=O.Cl.OCCOCCOCCO. The van der Waals surface area contributed by atoms with Gasteiger partial charge < -0.3 is 25.4 Å². The monoisotopic (exact) mass is 422 g/mol. The maximum absolute atomic E-state index is 11.3. The van der Waals surface area contributed by atoms with Crippen molar-refractivity contribution in [3.8, 4) is 0 Å². The van der Waals surface area contributed by atoms with Crippen molar-refractivity contribution in [3.05, 3.63) is 0 Å². The summed E-state index contributed by atoms with van der Waals surface area (Å²) >= 11 is 3.26. The van der Waals surface area contributed by atoms with Crippen molar-refractivity contribution in [2.45, 2.75) is 31.0 Å². The number of amides is 3. The van der Waals surface area contributed by atoms with Crippen molar-refractivity contribution in [2.24, 2.45) is 5.73 Å². The molecule has 8 nitrogen and oxygen atoms in total. The Balaban J connectivity index is -0.000000338. The summed E-state index contributed by atoms with van der Waals surface area (Å²) in [5.41, 5.74) is 4.81. The fourth-order valence-electron chi connectivity index (χ4n) is 1.25. The number of imide groups is 1. The first kappa shape index (κ1) is 27.4. The molecule has 10 heteroatoms. The van der Waals surface area contributed by atoms with E-state index in [1.807, 2.05) is 19.2 Å². The molecule has 0 aromatic rings. The number of ether oxygens (including phenoxy) is 2. The van der Waals surface area contributed by atoms with Crippen molar-refractivity contribution >= 4 is 40.3 Å². The lowest BCUT2D eigenvalue weighted by Crippen LogP contribution is -2.46. The van der Waals surface area contributed by atoms with E-state index in [0.29, 0.717) is 39.3 Å². The van der Waals surface area contributed by atoms with Crippen LogP contribution in [-0.2, 0) is 14.3 Å². The van der Waals surface area contributed by atoms with E-state index in [9.17, 15) is 9.59 Å². The molecule has 0 aromatic heterocycles. The highest BCUT2D eigenvalue weighted by Crippen LogP contribution is 2.26. The van der Waals surface area contributed by atoms with E-state index in [2.05, 4.69) is 15.9 Å². The van der Waals surface area contributed by atoms with Gasteiger partial charge in [-0.15, -0.1) is 12.4 Å². The summed E-state index contributed by atoms with van der Waals surface area (Å²) < 4.78 is 9.08. The third-order valence-electron chi connectivity index (χ3n) is 2.61. The van der Waals surface area contributed by atoms with Crippen LogP contribution in [0, 0.1) is 0 Å². The third kappa shape index (κ3) is 16.2. The molecule has 0 aliphatic carbocycles. The quantitative estimate of drug-likeness (QED) is 0.300. The highest BCUT2D eigenvalue weighted by atomic mass is 79.9. The summed E-state index contributed by atoms with van der Waals surface area (Å²) in [4.78, 5) is 21.6. The molecular weight excluding hydrogens is 396 g/mol. The van der Waals surface area contributed by atoms with E-state index < -0.39 is 10.4 Å². The summed E-state index contributed by atoms with van der Waals surface area (Å²) in [6.45, 7) is 5.45. The Bertz CT molecular complexity index is 298. The number of hydrogen-bond acceptors (Lipinski definition) is 6. The maximum atomic E-state index is 11.3. The number of nitrogens with one attached hydrogen (secondary N) is 1. The maximum Gasteiger partial charge on any atom is 0.318 e. The number of alkyl halides is 1. The van der Waals surface area contributed by atoms with Gasteiger partial charge in [0.05, 0.1) is 39.6 Å². The number of carbonyl (C=O) groups excluding carboxylic acids is 2. The predicted octanol–water partition coefficient (Wildman–Crippen LogP) is 0.561. The Morgan fingerprint density at radius 3 is 1.70 bits per heavy atom. The van der Waals surface area contributed by atoms with Crippen LogP contribution in [-0.4, -0.2) is 66.1 Å². The van der Waals surface area contributed by atoms with Gasteiger partial charge in [-0.1, -0.05) is 29.8 Å². The minimum absolute atomic E-state index is 0. The van der Waals surface area contributed by atoms with Crippen LogP contribution in [0.3, 0.4) is 0 Å². The van der Waals surface area contributed by atoms with Gasteiger partial charge in [0, 0.05) is 0 Å². The van der Waals surface area contributed by atoms with Gasteiger partial charge in [0.1, 0.15) is 4.32 Å². The van der Waals surface area contributed by atoms with Gasteiger partial charge in [-0.25, -0.2) is 4.79 Å². The molecule has 5 N–H and O–H groups in total. The number of nitrogens with two attached hydrogens (primary N) is 1. The Hall–Kier alpha value is -0.450. The van der Waals surface area contributed by atoms with E-state index >= 15 is 0 Å². The normalized spacial score (nSPS) is 10.1. The number of carbonyl (C=O) groups is 2. The van der Waals surface area contributed by atoms with E-state index in [-0.39, 0.29) is 31.5 Å². The van der Waals surface area contributed by atoms with Crippen LogP contribution in [0.5, 0.6) is 0 Å². The van der Waals surface area contributed by atoms with Crippen LogP contribution in [0.1, 0.15) is 26.7 Å². The van der Waals surface area contributed by atoms with Gasteiger partial charge in [0.15, 0.2) is 0 Å². The number of urea groups is 1. The molecule has 0 bridgehead atoms. The number of hydrogen-bond donors (Lipinski definition) is 4. The zero-order chi connectivity index (χ0) is 17.4. The van der Waals surface area contributed by atoms with E-state index in [4.69, 9.17) is 25.4 Å². The van der Waals surface area contributed by atoms with E-state index in [0.717, 1.165) is 0 Å². The smallest absolute Gasteiger partial charge is 0.318 e. The molecule has 23 heavy (non-hydrogen) atoms. The highest BCUT2D eigenvalue weighted by molar-refractivity contribution is 9.10. The summed E-state index contributed by atoms with van der Waals surface area (Å²) in [5.74, 6) is -0.375. The first-order chi connectivity index (χ1) is 10.4. The van der Waals surface area contributed by atoms with Crippen LogP contribution < -0.4 is 11.1 Å². The van der Waals surface area contributed by atoms with E-state index in [1.54, 1.807) is 0 Å². The van der Waals surface area contributed by atoms with Crippen LogP contribution >= 0.6 is 28.3 Å². The zero-order valence-corrected chi connectivity index (χ0v) is 16.0. The molecule has 0 fully saturated rings. The molecule has 0 atom stereocenters. The van der Waals surface area contributed by atoms with Crippen LogP contribution in [0.4, 0.5) is 4.79 Å². The molecule has 0 saturated heterocycles. The average molecular weight is 424 g/mol. The number of primary amides is 1. The van der Waals surface area contributed by atoms with Crippen molar-refractivity contribution < 1.29 is 29.3 Å². The summed E-state index contributed by atoms with van der Waals surface area (Å²) in [6, 6.07) is -0.814. The Kier molecular flexibility index (Phi) is 21.3. The highest BCUT2D eigenvalue weighted by Gasteiger charge is 2.32. The lowest BCUT2D eigenvalue weighted by molar-refractivity contribution is -0.122. The molecular formula is C13H28BrClN2O6. The predicted molar refractivity (Wildman–Crippen MR) is 93.0 cm³/mol. The minimum Gasteiger partial charge on any atom is -0.394 e. The molecule has 0 aliphatic rings. The zero-order valence-electron chi connectivity index (χ0n) is 13.5. The molecule has 140 valence electrons. The van der Waals surface area contributed by atoms with E-state index in [1.165, 1.54) is 0 Å². The van der Waals surface area contributed by atoms with Crippen molar-refractivity contribution in [3.63, 3.8) is 0 Å². The second kappa shape index (κ2) is 17.9. The molecule has 0 saturated carbocycles. The van der Waals surface area contributed by atoms with Gasteiger partial charge in [-0.2, -0.15) is 0 Å². The summed E-state index contributed by atoms with van der Waals surface area (Å²) in [6.07, 6.45) is 1.23. The van der Waals surface area contributed by atoms with Gasteiger partial charge >= 0.3 is 6.03 Å². The molecule has 0 aliphatic heterocycles. The minimum atomic E-state index is -0.814. The first-order valence-corrected chi connectivity index (χ1v) is 7.84. The fourth-order valence-corrected chi connectivity index (χ4v) is 1.35. The second-order valence-electron chi connectivity index (χ2n) is 4.16. The third-order valence-corrected chi connectivity index (χ3v) is 4.09. The standard InChI is InChI=1S/C7H13BrN2O2.C6H14O4.ClH/c1-3-7(8,4-2)5(11)10-6(9)12;7-1-3-9-5-6-10-4-2-8;/h3-4H2,1-2H3,(H3,9,10,11,12);7-8H,1-6H2;1H. The summed E-state index contributed by atoms with van der Waals surface area (Å²) in [5, 5.41) is 18.6. The lowest BCUT2D eigenvalue weighted by atomic mass is 10.0. The number of aliphatic hydroxyl groups excluding tert-OH is 2. The number of halogens is 2. The van der Waals surface area contributed by atoms with Gasteiger partial charge in [-0.05, 0) is 12.8 Å². The molecule has 0 spiro atoms. The van der Waals surface area contributed by atoms with Crippen LogP contribution in [0.25, 0.3) is 0 Å². The molecule has 0 radical (unpaired) electrons. The molecule has 0 heterocycles. The van der Waals surface area contributed by atoms with Gasteiger partial charge in [0.2, 0.25) is 5.91 Å². The molecule has 3 amide bonds. The Morgan fingerprint density at radius 1 is 1.04 bits per heavy atom. The summed E-state index contributed by atoms with van der Waals surface area (Å²) in [7, 11) is 0. The largest absolute Gasteiger partial charge is 0.394 e. The van der Waals surface area contributed by atoms with Crippen molar-refractivity contribution in [2.75, 3.05) is 39.6 Å². The fraction of sp³-hybridized carbons (Fsp3) is 0.846. The van der Waals surface area contributed by atoms with Crippen LogP contribution in [0.2, 0.25) is 0 Å². The molecule has 0 rings (SSSR count). The Morgan fingerprint density at radius 2 is 1.43 bits per heavy atom. The molecule has 0 unspecified atom stereocenters. The van der Waals surface area contributed by atoms with Gasteiger partial charge in [0.25, 0.3) is 0 Å². The first-order valence-electron chi connectivity index (χ1n) is 7.04. The van der Waals surface area contributed by atoms with Crippen LogP contribution in [0.15, 0.2) is 0 Å². The van der Waals surface area contributed by atoms with Crippen molar-refractivity contribution in [1.82, 2.24) is 5.32 Å². The molecule has 0 aromatic carbocycles. The second-order valence-corrected chi connectivity index (χ2v) is 5.68. The Labute approximate surface area is 151 Å². The van der Waals surface area contributed by atoms with Gasteiger partial charge in [-0.3, -0.25) is 10.1 Å². The number of rotatable bonds is 10. The van der Waals surface area contributed by atoms with Crippen molar-refractivity contribution in [1.29, 1.82) is 0 Å².